The van der Waals surface area contributed by atoms with E-state index in [1.807, 2.05) is 12.1 Å². The Labute approximate surface area is 142 Å². The summed E-state index contributed by atoms with van der Waals surface area (Å²) >= 11 is 1.21. The van der Waals surface area contributed by atoms with Crippen LogP contribution in [-0.2, 0) is 0 Å². The second-order valence-electron chi connectivity index (χ2n) is 6.15. The highest BCUT2D eigenvalue weighted by molar-refractivity contribution is 7.19. The molecular formula is C19H17FO3S. The summed E-state index contributed by atoms with van der Waals surface area (Å²) in [6.45, 7) is 2.88. The monoisotopic (exact) mass is 344 g/mol. The van der Waals surface area contributed by atoms with Crippen LogP contribution in [-0.4, -0.2) is 16.8 Å². The lowest BCUT2D eigenvalue weighted by atomic mass is 9.91. The van der Waals surface area contributed by atoms with E-state index in [1.165, 1.54) is 23.5 Å². The second-order valence-corrected chi connectivity index (χ2v) is 7.23. The Morgan fingerprint density at radius 1 is 1.21 bits per heavy atom. The molecule has 1 aliphatic heterocycles. The number of hydrogen-bond donors (Lipinski definition) is 2. The van der Waals surface area contributed by atoms with Gasteiger partial charge in [0.2, 0.25) is 0 Å². The van der Waals surface area contributed by atoms with Gasteiger partial charge in [-0.3, -0.25) is 0 Å². The summed E-state index contributed by atoms with van der Waals surface area (Å²) < 4.78 is 19.9. The molecule has 124 valence electrons. The largest absolute Gasteiger partial charge is 0.493 e. The van der Waals surface area contributed by atoms with E-state index in [1.54, 1.807) is 6.07 Å². The molecule has 1 atom stereocenters. The topological polar surface area (TPSA) is 49.7 Å². The summed E-state index contributed by atoms with van der Waals surface area (Å²) in [5.41, 5.74) is 2.77. The number of fused-ring (bicyclic) bond motifs is 2. The van der Waals surface area contributed by atoms with Crippen molar-refractivity contribution in [2.24, 2.45) is 0 Å². The van der Waals surface area contributed by atoms with Gasteiger partial charge < -0.3 is 14.9 Å². The molecule has 0 bridgehead atoms. The maximum atomic E-state index is 13.5. The van der Waals surface area contributed by atoms with Crippen molar-refractivity contribution in [2.75, 3.05) is 6.61 Å². The highest BCUT2D eigenvalue weighted by Gasteiger charge is 2.22. The first-order chi connectivity index (χ1) is 11.5. The predicted molar refractivity (Wildman–Crippen MR) is 92.9 cm³/mol. The SMILES string of the molecule is CC1CCOc2ccc(-c3c(C(O)O)sc4cc(F)ccc34)cc21. The first-order valence-corrected chi connectivity index (χ1v) is 8.71. The van der Waals surface area contributed by atoms with Crippen LogP contribution < -0.4 is 4.74 Å². The molecule has 4 rings (SSSR count). The van der Waals surface area contributed by atoms with Crippen LogP contribution in [0.3, 0.4) is 0 Å². The number of rotatable bonds is 2. The molecule has 0 radical (unpaired) electrons. The average Bonchev–Trinajstić information content (AvgIpc) is 2.94. The lowest BCUT2D eigenvalue weighted by Crippen LogP contribution is -2.11. The molecule has 3 nitrogen and oxygen atoms in total. The van der Waals surface area contributed by atoms with Crippen LogP contribution in [0.4, 0.5) is 4.39 Å². The van der Waals surface area contributed by atoms with E-state index in [0.29, 0.717) is 15.5 Å². The fourth-order valence-electron chi connectivity index (χ4n) is 3.29. The Kier molecular flexibility index (Phi) is 3.79. The summed E-state index contributed by atoms with van der Waals surface area (Å²) in [6.07, 6.45) is -0.633. The molecule has 0 amide bonds. The zero-order chi connectivity index (χ0) is 16.8. The molecule has 2 aromatic carbocycles. The van der Waals surface area contributed by atoms with Crippen LogP contribution in [0.2, 0.25) is 0 Å². The summed E-state index contributed by atoms with van der Waals surface area (Å²) in [5, 5.41) is 20.4. The number of halogens is 1. The van der Waals surface area contributed by atoms with Crippen molar-refractivity contribution in [1.82, 2.24) is 0 Å². The third-order valence-corrected chi connectivity index (χ3v) is 5.74. The summed E-state index contributed by atoms with van der Waals surface area (Å²) in [6, 6.07) is 10.4. The fourth-order valence-corrected chi connectivity index (χ4v) is 4.41. The summed E-state index contributed by atoms with van der Waals surface area (Å²) in [4.78, 5) is 0.430. The van der Waals surface area contributed by atoms with Gasteiger partial charge in [0.05, 0.1) is 11.5 Å². The molecule has 5 heteroatoms. The smallest absolute Gasteiger partial charge is 0.188 e. The number of thiophene rings is 1. The quantitative estimate of drug-likeness (QED) is 0.669. The molecule has 1 aromatic heterocycles. The number of aliphatic hydroxyl groups excluding tert-OH is 1. The zero-order valence-corrected chi connectivity index (χ0v) is 13.9. The molecule has 0 saturated heterocycles. The van der Waals surface area contributed by atoms with Gasteiger partial charge in [0.15, 0.2) is 6.29 Å². The van der Waals surface area contributed by atoms with Gasteiger partial charge in [-0.25, -0.2) is 4.39 Å². The maximum absolute atomic E-state index is 13.5. The molecule has 24 heavy (non-hydrogen) atoms. The van der Waals surface area contributed by atoms with Crippen molar-refractivity contribution in [1.29, 1.82) is 0 Å². The van der Waals surface area contributed by atoms with Crippen LogP contribution in [0.1, 0.15) is 36.0 Å². The van der Waals surface area contributed by atoms with Gasteiger partial charge in [0.1, 0.15) is 11.6 Å². The van der Waals surface area contributed by atoms with Gasteiger partial charge in [0.25, 0.3) is 0 Å². The minimum Gasteiger partial charge on any atom is -0.493 e. The standard InChI is InChI=1S/C19H17FO3S/c1-10-6-7-23-15-5-2-11(8-14(10)15)17-13-4-3-12(20)9-16(13)24-18(17)19(21)22/h2-5,8-10,19,21-22H,6-7H2,1H3. The first-order valence-electron chi connectivity index (χ1n) is 7.90. The van der Waals surface area contributed by atoms with Gasteiger partial charge in [-0.15, -0.1) is 11.3 Å². The van der Waals surface area contributed by atoms with Crippen molar-refractivity contribution in [3.05, 3.63) is 52.7 Å². The summed E-state index contributed by atoms with van der Waals surface area (Å²) in [5.74, 6) is 0.939. The van der Waals surface area contributed by atoms with Crippen LogP contribution in [0.25, 0.3) is 21.2 Å². The minimum atomic E-state index is -1.59. The Morgan fingerprint density at radius 2 is 2.04 bits per heavy atom. The van der Waals surface area contributed by atoms with E-state index >= 15 is 0 Å². The lowest BCUT2D eigenvalue weighted by Gasteiger charge is -2.23. The number of hydrogen-bond acceptors (Lipinski definition) is 4. The average molecular weight is 344 g/mol. The van der Waals surface area contributed by atoms with Crippen molar-refractivity contribution in [3.8, 4) is 16.9 Å². The van der Waals surface area contributed by atoms with Crippen LogP contribution >= 0.6 is 11.3 Å². The fraction of sp³-hybridized carbons (Fsp3) is 0.263. The molecule has 1 unspecified atom stereocenters. The van der Waals surface area contributed by atoms with E-state index in [4.69, 9.17) is 4.74 Å². The first kappa shape index (κ1) is 15.6. The number of benzene rings is 2. The van der Waals surface area contributed by atoms with Crippen LogP contribution in [0.5, 0.6) is 5.75 Å². The number of aliphatic hydroxyl groups is 2. The Hall–Kier alpha value is -1.95. The molecule has 2 N–H and O–H groups in total. The van der Waals surface area contributed by atoms with Gasteiger partial charge in [-0.1, -0.05) is 13.0 Å². The van der Waals surface area contributed by atoms with Crippen molar-refractivity contribution in [3.63, 3.8) is 0 Å². The highest BCUT2D eigenvalue weighted by atomic mass is 32.1. The molecule has 1 aliphatic rings. The van der Waals surface area contributed by atoms with E-state index < -0.39 is 6.29 Å². The lowest BCUT2D eigenvalue weighted by molar-refractivity contribution is -0.0390. The zero-order valence-electron chi connectivity index (χ0n) is 13.1. The molecule has 2 heterocycles. The van der Waals surface area contributed by atoms with Crippen molar-refractivity contribution in [2.45, 2.75) is 25.6 Å². The van der Waals surface area contributed by atoms with E-state index in [-0.39, 0.29) is 5.82 Å². The number of ether oxygens (including phenoxy) is 1. The van der Waals surface area contributed by atoms with Crippen molar-refractivity contribution >= 4 is 21.4 Å². The second kappa shape index (κ2) is 5.84. The van der Waals surface area contributed by atoms with Gasteiger partial charge >= 0.3 is 0 Å². The van der Waals surface area contributed by atoms with E-state index in [2.05, 4.69) is 13.0 Å². The van der Waals surface area contributed by atoms with E-state index in [9.17, 15) is 14.6 Å². The van der Waals surface area contributed by atoms with Crippen LogP contribution in [0.15, 0.2) is 36.4 Å². The van der Waals surface area contributed by atoms with Gasteiger partial charge in [0, 0.05) is 15.6 Å². The van der Waals surface area contributed by atoms with Gasteiger partial charge in [-0.2, -0.15) is 0 Å². The third-order valence-electron chi connectivity index (χ3n) is 4.55. The summed E-state index contributed by atoms with van der Waals surface area (Å²) in [7, 11) is 0. The van der Waals surface area contributed by atoms with E-state index in [0.717, 1.165) is 40.9 Å². The normalized spacial score (nSPS) is 17.1. The van der Waals surface area contributed by atoms with Crippen molar-refractivity contribution < 1.29 is 19.3 Å². The molecular weight excluding hydrogens is 327 g/mol. The minimum absolute atomic E-state index is 0.332. The predicted octanol–water partition coefficient (Wildman–Crippen LogP) is 4.58. The molecule has 3 aromatic rings. The third kappa shape index (κ3) is 2.49. The molecule has 0 fully saturated rings. The molecule has 0 spiro atoms. The van der Waals surface area contributed by atoms with Crippen LogP contribution in [0, 0.1) is 5.82 Å². The Balaban J connectivity index is 1.96. The molecule has 0 aliphatic carbocycles. The Morgan fingerprint density at radius 3 is 2.83 bits per heavy atom. The highest BCUT2D eigenvalue weighted by Crippen LogP contribution is 2.44. The van der Waals surface area contributed by atoms with Gasteiger partial charge in [-0.05, 0) is 53.8 Å². The molecule has 0 saturated carbocycles. The Bertz CT molecular complexity index is 916. The maximum Gasteiger partial charge on any atom is 0.188 e.